The van der Waals surface area contributed by atoms with Crippen molar-refractivity contribution < 1.29 is 9.59 Å². The Morgan fingerprint density at radius 1 is 0.951 bits per heavy atom. The van der Waals surface area contributed by atoms with Gasteiger partial charge in [-0.25, -0.2) is 9.48 Å². The molecule has 4 fully saturated rings. The van der Waals surface area contributed by atoms with E-state index in [1.165, 1.54) is 19.3 Å². The van der Waals surface area contributed by atoms with Crippen LogP contribution in [0.25, 0.3) is 16.8 Å². The molecule has 1 aromatic heterocycles. The quantitative estimate of drug-likeness (QED) is 0.303. The number of anilines is 1. The van der Waals surface area contributed by atoms with Gasteiger partial charge in [-0.05, 0) is 94.2 Å². The molecule has 7 nitrogen and oxygen atoms in total. The minimum Gasteiger partial charge on any atom is -0.333 e. The molecule has 4 aliphatic carbocycles. The number of hydrogen-bond donors (Lipinski definition) is 2. The van der Waals surface area contributed by atoms with Gasteiger partial charge in [0, 0.05) is 17.6 Å². The molecule has 3 aromatic rings. The Hall–Kier alpha value is -3.61. The zero-order valence-electron chi connectivity index (χ0n) is 24.7. The first kappa shape index (κ1) is 27.6. The van der Waals surface area contributed by atoms with Crippen molar-refractivity contribution in [3.8, 4) is 16.8 Å². The van der Waals surface area contributed by atoms with E-state index in [-0.39, 0.29) is 24.0 Å². The van der Waals surface area contributed by atoms with E-state index in [1.54, 1.807) is 9.58 Å². The van der Waals surface area contributed by atoms with Gasteiger partial charge in [0.25, 0.3) is 0 Å². The van der Waals surface area contributed by atoms with Gasteiger partial charge in [-0.15, -0.1) is 0 Å². The summed E-state index contributed by atoms with van der Waals surface area (Å²) in [5.41, 5.74) is 4.64. The summed E-state index contributed by atoms with van der Waals surface area (Å²) >= 11 is 0. The number of carbonyl (C=O) groups is 2. The Balaban J connectivity index is 1.24. The smallest absolute Gasteiger partial charge is 0.318 e. The summed E-state index contributed by atoms with van der Waals surface area (Å²) in [5.74, 6) is 2.65. The summed E-state index contributed by atoms with van der Waals surface area (Å²) in [6, 6.07) is 18.0. The molecule has 4 aliphatic rings. The van der Waals surface area contributed by atoms with Crippen LogP contribution in [0.2, 0.25) is 0 Å². The van der Waals surface area contributed by atoms with Gasteiger partial charge in [0.2, 0.25) is 5.91 Å². The van der Waals surface area contributed by atoms with E-state index < -0.39 is 0 Å². The van der Waals surface area contributed by atoms with E-state index in [2.05, 4.69) is 24.5 Å². The molecule has 0 aliphatic heterocycles. The lowest BCUT2D eigenvalue weighted by Gasteiger charge is -2.57. The minimum absolute atomic E-state index is 0.00452. The zero-order chi connectivity index (χ0) is 28.6. The monoisotopic (exact) mass is 553 g/mol. The van der Waals surface area contributed by atoms with Crippen molar-refractivity contribution >= 4 is 17.8 Å². The molecule has 0 atom stereocenters. The molecule has 4 saturated carbocycles. The molecule has 0 unspecified atom stereocenters. The highest BCUT2D eigenvalue weighted by Gasteiger charge is 2.51. The summed E-state index contributed by atoms with van der Waals surface area (Å²) in [7, 11) is 0. The lowest BCUT2D eigenvalue weighted by atomic mass is 9.53. The number of nitrogens with one attached hydrogen (secondary N) is 2. The van der Waals surface area contributed by atoms with Gasteiger partial charge in [-0.1, -0.05) is 61.4 Å². The lowest BCUT2D eigenvalue weighted by molar-refractivity contribution is -0.116. The number of rotatable bonds is 9. The fourth-order valence-corrected chi connectivity index (χ4v) is 7.98. The van der Waals surface area contributed by atoms with Crippen LogP contribution >= 0.6 is 0 Å². The standard InChI is InChI=1S/C34H43N5O2/c1-4-5-15-38(33(41)36-34-19-25-16-26(20-34)18-27(17-25)21-34)22-30(40)35-32-31(28-9-7-6-8-10-28)24(3)37-39(32)29-13-11-23(2)12-14-29/h6-14,25-27H,4-5,15-22H2,1-3H3,(H,35,40)(H,36,41). The number of aryl methyl sites for hydroxylation is 2. The number of unbranched alkanes of at least 4 members (excludes halogenated alkanes) is 1. The van der Waals surface area contributed by atoms with Crippen molar-refractivity contribution in [1.29, 1.82) is 0 Å². The SMILES string of the molecule is CCCCN(CC(=O)Nc1c(-c2ccccc2)c(C)nn1-c1ccc(C)cc1)C(=O)NC12CC3CC(CC(C3)C1)C2. The second kappa shape index (κ2) is 11.3. The topological polar surface area (TPSA) is 79.3 Å². The Bertz CT molecular complexity index is 1360. The number of amides is 3. The predicted octanol–water partition coefficient (Wildman–Crippen LogP) is 6.88. The van der Waals surface area contributed by atoms with Crippen LogP contribution in [0.3, 0.4) is 0 Å². The predicted molar refractivity (Wildman–Crippen MR) is 163 cm³/mol. The van der Waals surface area contributed by atoms with Crippen LogP contribution in [-0.4, -0.2) is 45.2 Å². The van der Waals surface area contributed by atoms with Crippen molar-refractivity contribution in [1.82, 2.24) is 20.0 Å². The molecule has 0 spiro atoms. The molecular weight excluding hydrogens is 510 g/mol. The summed E-state index contributed by atoms with van der Waals surface area (Å²) in [6.07, 6.45) is 9.08. The summed E-state index contributed by atoms with van der Waals surface area (Å²) in [4.78, 5) is 29.2. The Labute approximate surface area is 243 Å². The third-order valence-electron chi connectivity index (χ3n) is 9.47. The summed E-state index contributed by atoms with van der Waals surface area (Å²) < 4.78 is 1.81. The maximum absolute atomic E-state index is 13.8. The third-order valence-corrected chi connectivity index (χ3v) is 9.47. The normalized spacial score (nSPS) is 24.3. The first-order valence-electron chi connectivity index (χ1n) is 15.4. The van der Waals surface area contributed by atoms with Crippen LogP contribution in [0.4, 0.5) is 10.6 Å². The molecule has 2 N–H and O–H groups in total. The molecule has 41 heavy (non-hydrogen) atoms. The maximum atomic E-state index is 13.8. The van der Waals surface area contributed by atoms with E-state index in [0.717, 1.165) is 77.9 Å². The van der Waals surface area contributed by atoms with E-state index in [0.29, 0.717) is 12.4 Å². The molecular formula is C34H43N5O2. The number of aromatic nitrogens is 2. The van der Waals surface area contributed by atoms with Gasteiger partial charge in [0.15, 0.2) is 0 Å². The fraction of sp³-hybridized carbons (Fsp3) is 0.500. The summed E-state index contributed by atoms with van der Waals surface area (Å²) in [5, 5.41) is 11.5. The highest BCUT2D eigenvalue weighted by atomic mass is 16.2. The van der Waals surface area contributed by atoms with Gasteiger partial charge >= 0.3 is 6.03 Å². The number of carbonyl (C=O) groups excluding carboxylic acids is 2. The van der Waals surface area contributed by atoms with Crippen LogP contribution in [0.5, 0.6) is 0 Å². The molecule has 1 heterocycles. The van der Waals surface area contributed by atoms with Gasteiger partial charge in [0.1, 0.15) is 12.4 Å². The van der Waals surface area contributed by atoms with Gasteiger partial charge in [0.05, 0.1) is 11.4 Å². The lowest BCUT2D eigenvalue weighted by Crippen LogP contribution is -2.62. The van der Waals surface area contributed by atoms with Crippen molar-refractivity contribution in [2.75, 3.05) is 18.4 Å². The van der Waals surface area contributed by atoms with Crippen LogP contribution in [-0.2, 0) is 4.79 Å². The Morgan fingerprint density at radius 2 is 1.59 bits per heavy atom. The molecule has 0 saturated heterocycles. The number of urea groups is 1. The van der Waals surface area contributed by atoms with E-state index in [9.17, 15) is 9.59 Å². The first-order valence-corrected chi connectivity index (χ1v) is 15.4. The van der Waals surface area contributed by atoms with E-state index in [4.69, 9.17) is 5.10 Å². The van der Waals surface area contributed by atoms with Crippen LogP contribution in [0, 0.1) is 31.6 Å². The van der Waals surface area contributed by atoms with Gasteiger partial charge in [-0.2, -0.15) is 5.10 Å². The average molecular weight is 554 g/mol. The van der Waals surface area contributed by atoms with Crippen molar-refractivity contribution in [3.05, 3.63) is 65.9 Å². The van der Waals surface area contributed by atoms with E-state index >= 15 is 0 Å². The van der Waals surface area contributed by atoms with Crippen LogP contribution in [0.1, 0.15) is 69.5 Å². The largest absolute Gasteiger partial charge is 0.333 e. The molecule has 7 rings (SSSR count). The molecule has 2 aromatic carbocycles. The molecule has 7 heteroatoms. The fourth-order valence-electron chi connectivity index (χ4n) is 7.98. The van der Waals surface area contributed by atoms with Crippen molar-refractivity contribution in [3.63, 3.8) is 0 Å². The van der Waals surface area contributed by atoms with Crippen LogP contribution in [0.15, 0.2) is 54.6 Å². The second-order valence-corrected chi connectivity index (χ2v) is 12.9. The molecule has 4 bridgehead atoms. The molecule has 216 valence electrons. The van der Waals surface area contributed by atoms with Gasteiger partial charge in [-0.3, -0.25) is 4.79 Å². The zero-order valence-corrected chi connectivity index (χ0v) is 24.7. The highest BCUT2D eigenvalue weighted by molar-refractivity contribution is 5.98. The highest BCUT2D eigenvalue weighted by Crippen LogP contribution is 2.55. The maximum Gasteiger partial charge on any atom is 0.318 e. The molecule has 3 amide bonds. The summed E-state index contributed by atoms with van der Waals surface area (Å²) in [6.45, 7) is 6.70. The molecule has 0 radical (unpaired) electrons. The van der Waals surface area contributed by atoms with E-state index in [1.807, 2.05) is 61.5 Å². The first-order chi connectivity index (χ1) is 19.8. The Kier molecular flexibility index (Phi) is 7.62. The van der Waals surface area contributed by atoms with Crippen molar-refractivity contribution in [2.45, 2.75) is 77.7 Å². The van der Waals surface area contributed by atoms with Crippen molar-refractivity contribution in [2.24, 2.45) is 17.8 Å². The minimum atomic E-state index is -0.216. The van der Waals surface area contributed by atoms with Gasteiger partial charge < -0.3 is 15.5 Å². The number of hydrogen-bond acceptors (Lipinski definition) is 3. The number of benzene rings is 2. The second-order valence-electron chi connectivity index (χ2n) is 12.9. The Morgan fingerprint density at radius 3 is 2.20 bits per heavy atom. The third kappa shape index (κ3) is 5.77. The average Bonchev–Trinajstić information content (AvgIpc) is 3.26. The van der Waals surface area contributed by atoms with Crippen LogP contribution < -0.4 is 10.6 Å². The number of nitrogens with zero attached hydrogens (tertiary/aromatic N) is 3.